The molecule has 2 unspecified atom stereocenters. The molecule has 2 atom stereocenters. The second kappa shape index (κ2) is 5.96. The molecule has 0 aromatic carbocycles. The van der Waals surface area contributed by atoms with Gasteiger partial charge in [0.25, 0.3) is 5.91 Å². The largest absolute Gasteiger partial charge is 0.396 e. The van der Waals surface area contributed by atoms with E-state index in [1.54, 1.807) is 12.4 Å². The Morgan fingerprint density at radius 1 is 1.44 bits per heavy atom. The molecule has 18 heavy (non-hydrogen) atoms. The van der Waals surface area contributed by atoms with Gasteiger partial charge < -0.3 is 10.4 Å². The molecule has 1 aromatic rings. The normalized spacial score (nSPS) is 23.7. The van der Waals surface area contributed by atoms with Crippen LogP contribution in [0.1, 0.15) is 41.6 Å². The van der Waals surface area contributed by atoms with Crippen molar-refractivity contribution in [2.24, 2.45) is 5.92 Å². The average molecular weight is 248 g/mol. The summed E-state index contributed by atoms with van der Waals surface area (Å²) in [6.07, 6.45) is 7.52. The maximum atomic E-state index is 12.1. The topological polar surface area (TPSA) is 62.2 Å². The van der Waals surface area contributed by atoms with Crippen LogP contribution in [0.25, 0.3) is 0 Å². The Balaban J connectivity index is 2.02. The van der Waals surface area contributed by atoms with Crippen LogP contribution in [0, 0.1) is 12.8 Å². The molecule has 0 saturated heterocycles. The van der Waals surface area contributed by atoms with Crippen LogP contribution >= 0.6 is 0 Å². The molecule has 0 aliphatic heterocycles. The minimum atomic E-state index is -0.0865. The Bertz CT molecular complexity index is 420. The van der Waals surface area contributed by atoms with Crippen molar-refractivity contribution >= 4 is 5.91 Å². The monoisotopic (exact) mass is 248 g/mol. The summed E-state index contributed by atoms with van der Waals surface area (Å²) in [7, 11) is 0. The van der Waals surface area contributed by atoms with Gasteiger partial charge in [-0.05, 0) is 31.4 Å². The summed E-state index contributed by atoms with van der Waals surface area (Å²) in [4.78, 5) is 16.1. The maximum absolute atomic E-state index is 12.1. The molecular formula is C14H20N2O2. The third kappa shape index (κ3) is 3.07. The van der Waals surface area contributed by atoms with E-state index in [2.05, 4.69) is 10.3 Å². The number of hydrogen-bond acceptors (Lipinski definition) is 3. The Hall–Kier alpha value is -1.42. The van der Waals surface area contributed by atoms with Gasteiger partial charge in [-0.15, -0.1) is 0 Å². The van der Waals surface area contributed by atoms with Crippen molar-refractivity contribution in [2.45, 2.75) is 38.6 Å². The predicted molar refractivity (Wildman–Crippen MR) is 69.3 cm³/mol. The van der Waals surface area contributed by atoms with Crippen LogP contribution in [-0.2, 0) is 0 Å². The number of amides is 1. The molecule has 98 valence electrons. The summed E-state index contributed by atoms with van der Waals surface area (Å²) in [5.74, 6) is 0.108. The van der Waals surface area contributed by atoms with E-state index in [9.17, 15) is 9.90 Å². The third-order valence-electron chi connectivity index (χ3n) is 3.60. The van der Waals surface area contributed by atoms with Gasteiger partial charge in [0, 0.05) is 31.0 Å². The standard InChI is InChI=1S/C14H20N2O2/c1-10-6-12(8-15-7-10)14(18)16-13-5-3-2-4-11(13)9-17/h6-8,11,13,17H,2-5,9H2,1H3,(H,16,18). The summed E-state index contributed by atoms with van der Waals surface area (Å²) in [6.45, 7) is 2.07. The zero-order valence-corrected chi connectivity index (χ0v) is 10.7. The van der Waals surface area contributed by atoms with E-state index >= 15 is 0 Å². The van der Waals surface area contributed by atoms with Gasteiger partial charge >= 0.3 is 0 Å². The van der Waals surface area contributed by atoms with Gasteiger partial charge in [0.1, 0.15) is 0 Å². The van der Waals surface area contributed by atoms with Crippen molar-refractivity contribution < 1.29 is 9.90 Å². The fourth-order valence-electron chi connectivity index (χ4n) is 2.55. The fourth-order valence-corrected chi connectivity index (χ4v) is 2.55. The van der Waals surface area contributed by atoms with Crippen LogP contribution in [0.5, 0.6) is 0 Å². The van der Waals surface area contributed by atoms with E-state index in [0.717, 1.165) is 31.2 Å². The van der Waals surface area contributed by atoms with Gasteiger partial charge in [-0.3, -0.25) is 9.78 Å². The number of nitrogens with zero attached hydrogens (tertiary/aromatic N) is 1. The van der Waals surface area contributed by atoms with E-state index in [1.807, 2.05) is 13.0 Å². The zero-order valence-electron chi connectivity index (χ0n) is 10.7. The minimum absolute atomic E-state index is 0.0865. The summed E-state index contributed by atoms with van der Waals surface area (Å²) >= 11 is 0. The van der Waals surface area contributed by atoms with Crippen LogP contribution in [0.15, 0.2) is 18.5 Å². The molecule has 1 amide bonds. The van der Waals surface area contributed by atoms with E-state index in [4.69, 9.17) is 0 Å². The molecule has 4 heteroatoms. The van der Waals surface area contributed by atoms with Crippen molar-refractivity contribution in [3.8, 4) is 0 Å². The van der Waals surface area contributed by atoms with E-state index in [1.165, 1.54) is 0 Å². The number of aliphatic hydroxyl groups is 1. The number of carbonyl (C=O) groups is 1. The summed E-state index contributed by atoms with van der Waals surface area (Å²) in [5, 5.41) is 12.3. The van der Waals surface area contributed by atoms with Crippen LogP contribution in [0.2, 0.25) is 0 Å². The quantitative estimate of drug-likeness (QED) is 0.855. The molecule has 0 spiro atoms. The molecular weight excluding hydrogens is 228 g/mol. The number of aromatic nitrogens is 1. The van der Waals surface area contributed by atoms with Gasteiger partial charge in [-0.1, -0.05) is 12.8 Å². The summed E-state index contributed by atoms with van der Waals surface area (Å²) < 4.78 is 0. The second-order valence-corrected chi connectivity index (χ2v) is 5.06. The summed E-state index contributed by atoms with van der Waals surface area (Å²) in [5.41, 5.74) is 1.57. The summed E-state index contributed by atoms with van der Waals surface area (Å²) in [6, 6.07) is 1.93. The lowest BCUT2D eigenvalue weighted by atomic mass is 9.85. The van der Waals surface area contributed by atoms with E-state index in [0.29, 0.717) is 5.56 Å². The number of aryl methyl sites for hydroxylation is 1. The van der Waals surface area contributed by atoms with Crippen LogP contribution in [-0.4, -0.2) is 28.6 Å². The lowest BCUT2D eigenvalue weighted by Gasteiger charge is -2.30. The Morgan fingerprint density at radius 3 is 2.94 bits per heavy atom. The first-order valence-electron chi connectivity index (χ1n) is 6.54. The predicted octanol–water partition coefficient (Wildman–Crippen LogP) is 1.67. The molecule has 4 nitrogen and oxygen atoms in total. The zero-order chi connectivity index (χ0) is 13.0. The van der Waals surface area contributed by atoms with Crippen molar-refractivity contribution in [1.29, 1.82) is 0 Å². The minimum Gasteiger partial charge on any atom is -0.396 e. The fraction of sp³-hybridized carbons (Fsp3) is 0.571. The maximum Gasteiger partial charge on any atom is 0.253 e. The molecule has 1 saturated carbocycles. The Kier molecular flexibility index (Phi) is 4.31. The number of carbonyl (C=O) groups excluding carboxylic acids is 1. The van der Waals surface area contributed by atoms with Crippen molar-refractivity contribution in [3.05, 3.63) is 29.6 Å². The van der Waals surface area contributed by atoms with Gasteiger partial charge in [0.2, 0.25) is 0 Å². The third-order valence-corrected chi connectivity index (χ3v) is 3.60. The Morgan fingerprint density at radius 2 is 2.22 bits per heavy atom. The number of rotatable bonds is 3. The number of aliphatic hydroxyl groups excluding tert-OH is 1. The SMILES string of the molecule is Cc1cncc(C(=O)NC2CCCCC2CO)c1. The van der Waals surface area contributed by atoms with Crippen molar-refractivity contribution in [3.63, 3.8) is 0 Å². The molecule has 0 radical (unpaired) electrons. The Labute approximate surface area is 107 Å². The molecule has 1 fully saturated rings. The first-order valence-corrected chi connectivity index (χ1v) is 6.54. The highest BCUT2D eigenvalue weighted by molar-refractivity contribution is 5.94. The highest BCUT2D eigenvalue weighted by atomic mass is 16.3. The van der Waals surface area contributed by atoms with Crippen LogP contribution in [0.3, 0.4) is 0 Å². The second-order valence-electron chi connectivity index (χ2n) is 5.06. The van der Waals surface area contributed by atoms with E-state index in [-0.39, 0.29) is 24.5 Å². The van der Waals surface area contributed by atoms with Gasteiger partial charge in [0.15, 0.2) is 0 Å². The van der Waals surface area contributed by atoms with Crippen molar-refractivity contribution in [1.82, 2.24) is 10.3 Å². The molecule has 1 aromatic heterocycles. The van der Waals surface area contributed by atoms with Crippen LogP contribution < -0.4 is 5.32 Å². The first-order chi connectivity index (χ1) is 8.70. The molecule has 1 aliphatic rings. The number of nitrogens with one attached hydrogen (secondary N) is 1. The van der Waals surface area contributed by atoms with E-state index < -0.39 is 0 Å². The molecule has 2 N–H and O–H groups in total. The smallest absolute Gasteiger partial charge is 0.253 e. The molecule has 0 bridgehead atoms. The molecule has 1 heterocycles. The number of hydrogen-bond donors (Lipinski definition) is 2. The lowest BCUT2D eigenvalue weighted by molar-refractivity contribution is 0.0872. The van der Waals surface area contributed by atoms with Gasteiger partial charge in [-0.25, -0.2) is 0 Å². The highest BCUT2D eigenvalue weighted by Crippen LogP contribution is 2.24. The lowest BCUT2D eigenvalue weighted by Crippen LogP contribution is -2.43. The molecule has 1 aliphatic carbocycles. The average Bonchev–Trinajstić information content (AvgIpc) is 2.39. The molecule has 2 rings (SSSR count). The van der Waals surface area contributed by atoms with Crippen molar-refractivity contribution in [2.75, 3.05) is 6.61 Å². The number of pyridine rings is 1. The highest BCUT2D eigenvalue weighted by Gasteiger charge is 2.26. The van der Waals surface area contributed by atoms with Gasteiger partial charge in [0.05, 0.1) is 5.56 Å². The first kappa shape index (κ1) is 13.0. The van der Waals surface area contributed by atoms with Gasteiger partial charge in [-0.2, -0.15) is 0 Å². The van der Waals surface area contributed by atoms with Crippen LogP contribution in [0.4, 0.5) is 0 Å².